The van der Waals surface area contributed by atoms with E-state index in [9.17, 15) is 23.2 Å². The third-order valence-electron chi connectivity index (χ3n) is 4.59. The highest BCUT2D eigenvalue weighted by Gasteiger charge is 2.46. The average molecular weight is 348 g/mol. The molecule has 3 rings (SSSR count). The number of imide groups is 1. The first-order valence-electron chi connectivity index (χ1n) is 8.22. The van der Waals surface area contributed by atoms with Gasteiger partial charge in [0.15, 0.2) is 0 Å². The van der Waals surface area contributed by atoms with E-state index in [0.29, 0.717) is 25.3 Å². The highest BCUT2D eigenvalue weighted by atomic mass is 19.1. The number of nitrogens with one attached hydrogen (secondary N) is 1. The molecule has 3 amide bonds. The first-order valence-corrected chi connectivity index (χ1v) is 8.22. The molecule has 1 N–H and O–H groups in total. The number of nitrogens with zero attached hydrogens (tertiary/aromatic N) is 1. The van der Waals surface area contributed by atoms with Crippen molar-refractivity contribution in [2.75, 3.05) is 11.9 Å². The van der Waals surface area contributed by atoms with Crippen molar-refractivity contribution in [3.63, 3.8) is 0 Å². The van der Waals surface area contributed by atoms with Crippen molar-refractivity contribution < 1.29 is 23.2 Å². The van der Waals surface area contributed by atoms with Gasteiger partial charge >= 0.3 is 0 Å². The summed E-state index contributed by atoms with van der Waals surface area (Å²) in [7, 11) is 0. The third kappa shape index (κ3) is 3.60. The van der Waals surface area contributed by atoms with Crippen LogP contribution in [0.15, 0.2) is 30.4 Å². The maximum absolute atomic E-state index is 13.5. The fourth-order valence-corrected chi connectivity index (χ4v) is 3.29. The number of anilines is 1. The molecule has 0 aromatic heterocycles. The first-order chi connectivity index (χ1) is 12.0. The summed E-state index contributed by atoms with van der Waals surface area (Å²) in [5.41, 5.74) is -0.100. The Balaban J connectivity index is 1.50. The molecule has 1 fully saturated rings. The summed E-state index contributed by atoms with van der Waals surface area (Å²) < 4.78 is 26.3. The van der Waals surface area contributed by atoms with Crippen LogP contribution in [0.3, 0.4) is 0 Å². The van der Waals surface area contributed by atoms with E-state index < -0.39 is 17.5 Å². The smallest absolute Gasteiger partial charge is 0.233 e. The fourth-order valence-electron chi connectivity index (χ4n) is 3.29. The van der Waals surface area contributed by atoms with Crippen molar-refractivity contribution in [3.8, 4) is 0 Å². The highest BCUT2D eigenvalue weighted by molar-refractivity contribution is 6.05. The molecule has 0 unspecified atom stereocenters. The first kappa shape index (κ1) is 17.3. The Morgan fingerprint density at radius 1 is 1.12 bits per heavy atom. The number of carbonyl (C=O) groups excluding carboxylic acids is 3. The quantitative estimate of drug-likeness (QED) is 0.657. The van der Waals surface area contributed by atoms with Gasteiger partial charge in [-0.1, -0.05) is 12.2 Å². The summed E-state index contributed by atoms with van der Waals surface area (Å²) in [6.07, 6.45) is 5.31. The van der Waals surface area contributed by atoms with Crippen molar-refractivity contribution in [2.45, 2.75) is 25.7 Å². The lowest BCUT2D eigenvalue weighted by Crippen LogP contribution is -2.32. The van der Waals surface area contributed by atoms with Crippen LogP contribution in [0.5, 0.6) is 0 Å². The Kier molecular flexibility index (Phi) is 4.92. The molecule has 1 heterocycles. The van der Waals surface area contributed by atoms with Gasteiger partial charge in [0, 0.05) is 19.0 Å². The minimum absolute atomic E-state index is 0.0292. The van der Waals surface area contributed by atoms with Crippen LogP contribution >= 0.6 is 0 Å². The molecule has 7 heteroatoms. The Hall–Kier alpha value is -2.57. The minimum atomic E-state index is -0.852. The SMILES string of the molecule is O=C(CCCN1C(=O)[C@@H]2CC=CC[C@H]2C1=O)Nc1ccc(F)cc1F. The zero-order valence-electron chi connectivity index (χ0n) is 13.5. The fraction of sp³-hybridized carbons (Fsp3) is 0.389. The van der Waals surface area contributed by atoms with E-state index in [1.54, 1.807) is 0 Å². The Labute approximate surface area is 143 Å². The molecule has 5 nitrogen and oxygen atoms in total. The summed E-state index contributed by atoms with van der Waals surface area (Å²) in [4.78, 5) is 37.7. The zero-order valence-corrected chi connectivity index (χ0v) is 13.5. The zero-order chi connectivity index (χ0) is 18.0. The van der Waals surface area contributed by atoms with Gasteiger partial charge in [-0.25, -0.2) is 8.78 Å². The van der Waals surface area contributed by atoms with Crippen molar-refractivity contribution in [3.05, 3.63) is 42.0 Å². The van der Waals surface area contributed by atoms with Gasteiger partial charge in [0.05, 0.1) is 17.5 Å². The van der Waals surface area contributed by atoms with Crippen molar-refractivity contribution in [1.82, 2.24) is 4.90 Å². The summed E-state index contributed by atoms with van der Waals surface area (Å²) in [5.74, 6) is -2.94. The molecule has 1 aliphatic heterocycles. The molecule has 0 saturated carbocycles. The van der Waals surface area contributed by atoms with E-state index >= 15 is 0 Å². The number of amides is 3. The second-order valence-electron chi connectivity index (χ2n) is 6.26. The molecule has 1 aromatic rings. The van der Waals surface area contributed by atoms with E-state index in [2.05, 4.69) is 5.32 Å². The van der Waals surface area contributed by atoms with Gasteiger partial charge in [-0.3, -0.25) is 19.3 Å². The van der Waals surface area contributed by atoms with Crippen LogP contribution in [0.1, 0.15) is 25.7 Å². The van der Waals surface area contributed by atoms with E-state index in [4.69, 9.17) is 0 Å². The van der Waals surface area contributed by atoms with Gasteiger partial charge in [-0.15, -0.1) is 0 Å². The average Bonchev–Trinajstić information content (AvgIpc) is 2.83. The minimum Gasteiger partial charge on any atom is -0.324 e. The number of fused-ring (bicyclic) bond motifs is 1. The monoisotopic (exact) mass is 348 g/mol. The molecule has 25 heavy (non-hydrogen) atoms. The molecule has 0 bridgehead atoms. The number of benzene rings is 1. The largest absolute Gasteiger partial charge is 0.324 e. The van der Waals surface area contributed by atoms with E-state index in [0.717, 1.165) is 12.1 Å². The van der Waals surface area contributed by atoms with E-state index in [-0.39, 0.29) is 42.3 Å². The standard InChI is InChI=1S/C18H18F2N2O3/c19-11-7-8-15(14(20)10-11)21-16(23)6-3-9-22-17(24)12-4-1-2-5-13(12)18(22)25/h1-2,7-8,10,12-13H,3-6,9H2,(H,21,23)/t12-,13-/m1/s1. The lowest BCUT2D eigenvalue weighted by molar-refractivity contribution is -0.140. The Morgan fingerprint density at radius 3 is 2.36 bits per heavy atom. The number of halogens is 2. The number of rotatable bonds is 5. The second kappa shape index (κ2) is 7.13. The molecule has 132 valence electrons. The molecular weight excluding hydrogens is 330 g/mol. The van der Waals surface area contributed by atoms with E-state index in [1.165, 1.54) is 4.90 Å². The number of allylic oxidation sites excluding steroid dienone is 2. The predicted octanol–water partition coefficient (Wildman–Crippen LogP) is 2.63. The molecule has 1 saturated heterocycles. The van der Waals surface area contributed by atoms with Gasteiger partial charge in [-0.2, -0.15) is 0 Å². The topological polar surface area (TPSA) is 66.5 Å². The van der Waals surface area contributed by atoms with Gasteiger partial charge in [0.25, 0.3) is 0 Å². The van der Waals surface area contributed by atoms with Crippen LogP contribution in [-0.2, 0) is 14.4 Å². The van der Waals surface area contributed by atoms with Crippen LogP contribution in [0.2, 0.25) is 0 Å². The Bertz CT molecular complexity index is 722. The van der Waals surface area contributed by atoms with Crippen molar-refractivity contribution in [2.24, 2.45) is 11.8 Å². The van der Waals surface area contributed by atoms with Gasteiger partial charge in [0.2, 0.25) is 17.7 Å². The Morgan fingerprint density at radius 2 is 1.76 bits per heavy atom. The van der Waals surface area contributed by atoms with Crippen LogP contribution in [-0.4, -0.2) is 29.2 Å². The summed E-state index contributed by atoms with van der Waals surface area (Å²) in [6.45, 7) is 0.171. The predicted molar refractivity (Wildman–Crippen MR) is 86.3 cm³/mol. The second-order valence-corrected chi connectivity index (χ2v) is 6.26. The molecule has 1 aliphatic carbocycles. The molecule has 2 aliphatic rings. The summed E-state index contributed by atoms with van der Waals surface area (Å²) in [6, 6.07) is 2.89. The molecule has 0 radical (unpaired) electrons. The molecule has 0 spiro atoms. The van der Waals surface area contributed by atoms with Crippen LogP contribution in [0, 0.1) is 23.5 Å². The summed E-state index contributed by atoms with van der Waals surface area (Å²) >= 11 is 0. The molecular formula is C18H18F2N2O3. The van der Waals surface area contributed by atoms with Crippen LogP contribution in [0.25, 0.3) is 0 Å². The van der Waals surface area contributed by atoms with Gasteiger partial charge in [0.1, 0.15) is 11.6 Å². The lowest BCUT2D eigenvalue weighted by Gasteiger charge is -2.14. The normalized spacial score (nSPS) is 22.2. The van der Waals surface area contributed by atoms with Crippen LogP contribution in [0.4, 0.5) is 14.5 Å². The van der Waals surface area contributed by atoms with Gasteiger partial charge < -0.3 is 5.32 Å². The van der Waals surface area contributed by atoms with Gasteiger partial charge in [-0.05, 0) is 31.4 Å². The highest BCUT2D eigenvalue weighted by Crippen LogP contribution is 2.35. The number of hydrogen-bond donors (Lipinski definition) is 1. The van der Waals surface area contributed by atoms with Crippen molar-refractivity contribution >= 4 is 23.4 Å². The third-order valence-corrected chi connectivity index (χ3v) is 4.59. The number of likely N-dealkylation sites (tertiary alicyclic amines) is 1. The molecule has 1 aromatic carbocycles. The maximum Gasteiger partial charge on any atom is 0.233 e. The van der Waals surface area contributed by atoms with Crippen LogP contribution < -0.4 is 5.32 Å². The van der Waals surface area contributed by atoms with Crippen molar-refractivity contribution in [1.29, 1.82) is 0 Å². The summed E-state index contributed by atoms with van der Waals surface area (Å²) in [5, 5.41) is 2.36. The van der Waals surface area contributed by atoms with E-state index in [1.807, 2.05) is 12.2 Å². The number of carbonyl (C=O) groups is 3. The molecule has 2 atom stereocenters. The number of hydrogen-bond acceptors (Lipinski definition) is 3. The maximum atomic E-state index is 13.5. The lowest BCUT2D eigenvalue weighted by atomic mass is 9.85.